The smallest absolute Gasteiger partial charge is 0.133 e. The summed E-state index contributed by atoms with van der Waals surface area (Å²) in [4.78, 5) is 0. The Balaban J connectivity index is 1.78. The van der Waals surface area contributed by atoms with Gasteiger partial charge in [-0.1, -0.05) is 12.5 Å². The molecule has 1 aliphatic carbocycles. The second-order valence-electron chi connectivity index (χ2n) is 5.08. The lowest BCUT2D eigenvalue weighted by Gasteiger charge is -2.33. The maximum atomic E-state index is 5.37. The number of likely N-dealkylation sites (N-methyl/N-ethyl adjacent to an activating group) is 1. The van der Waals surface area contributed by atoms with Gasteiger partial charge in [0, 0.05) is 11.4 Å². The molecule has 0 bridgehead atoms. The SMILES string of the molecule is CNC(Cc1ccc2occc2c1)C1CCC1. The maximum absolute atomic E-state index is 5.37. The second-order valence-corrected chi connectivity index (χ2v) is 5.08. The second kappa shape index (κ2) is 4.53. The van der Waals surface area contributed by atoms with Crippen LogP contribution in [0.5, 0.6) is 0 Å². The average Bonchev–Trinajstić information content (AvgIpc) is 2.72. The van der Waals surface area contributed by atoms with Crippen LogP contribution in [0.1, 0.15) is 24.8 Å². The highest BCUT2D eigenvalue weighted by Crippen LogP contribution is 2.31. The van der Waals surface area contributed by atoms with E-state index in [1.54, 1.807) is 6.26 Å². The monoisotopic (exact) mass is 229 g/mol. The van der Waals surface area contributed by atoms with Gasteiger partial charge < -0.3 is 9.73 Å². The zero-order valence-electron chi connectivity index (χ0n) is 10.3. The standard InChI is InChI=1S/C15H19NO/c1-16-14(12-3-2-4-12)10-11-5-6-15-13(9-11)7-8-17-15/h5-9,12,14,16H,2-4,10H2,1H3. The Hall–Kier alpha value is -1.28. The summed E-state index contributed by atoms with van der Waals surface area (Å²) in [5.41, 5.74) is 2.39. The zero-order chi connectivity index (χ0) is 11.7. The minimum Gasteiger partial charge on any atom is -0.464 e. The summed E-state index contributed by atoms with van der Waals surface area (Å²) in [6.45, 7) is 0. The first-order chi connectivity index (χ1) is 8.36. The molecular formula is C15H19NO. The lowest BCUT2D eigenvalue weighted by atomic mass is 9.77. The molecule has 1 heterocycles. The van der Waals surface area contributed by atoms with Crippen molar-refractivity contribution in [1.29, 1.82) is 0 Å². The van der Waals surface area contributed by atoms with Crippen LogP contribution in [-0.4, -0.2) is 13.1 Å². The van der Waals surface area contributed by atoms with E-state index in [4.69, 9.17) is 4.42 Å². The van der Waals surface area contributed by atoms with Crippen molar-refractivity contribution >= 4 is 11.0 Å². The molecule has 0 radical (unpaired) electrons. The molecule has 17 heavy (non-hydrogen) atoms. The number of furan rings is 1. The molecule has 1 atom stereocenters. The molecule has 0 aliphatic heterocycles. The van der Waals surface area contributed by atoms with Gasteiger partial charge in [-0.25, -0.2) is 0 Å². The molecule has 2 aromatic rings. The van der Waals surface area contributed by atoms with E-state index in [1.807, 2.05) is 6.07 Å². The Bertz CT molecular complexity index is 498. The summed E-state index contributed by atoms with van der Waals surface area (Å²) < 4.78 is 5.37. The molecule has 1 unspecified atom stereocenters. The Labute approximate surface area is 102 Å². The van der Waals surface area contributed by atoms with E-state index in [2.05, 4.69) is 30.6 Å². The number of rotatable bonds is 4. The number of hydrogen-bond acceptors (Lipinski definition) is 2. The van der Waals surface area contributed by atoms with Crippen molar-refractivity contribution in [3.05, 3.63) is 36.1 Å². The molecule has 1 N–H and O–H groups in total. The maximum Gasteiger partial charge on any atom is 0.133 e. The van der Waals surface area contributed by atoms with Crippen molar-refractivity contribution in [1.82, 2.24) is 5.32 Å². The lowest BCUT2D eigenvalue weighted by Crippen LogP contribution is -2.38. The fraction of sp³-hybridized carbons (Fsp3) is 0.467. The third-order valence-electron chi connectivity index (χ3n) is 4.06. The van der Waals surface area contributed by atoms with Gasteiger partial charge in [0.25, 0.3) is 0 Å². The van der Waals surface area contributed by atoms with Crippen LogP contribution in [0.4, 0.5) is 0 Å². The van der Waals surface area contributed by atoms with Gasteiger partial charge in [0.05, 0.1) is 6.26 Å². The summed E-state index contributed by atoms with van der Waals surface area (Å²) in [5.74, 6) is 0.875. The highest BCUT2D eigenvalue weighted by Gasteiger charge is 2.26. The molecule has 1 saturated carbocycles. The highest BCUT2D eigenvalue weighted by molar-refractivity contribution is 5.77. The third-order valence-corrected chi connectivity index (χ3v) is 4.06. The molecule has 1 aromatic carbocycles. The van der Waals surface area contributed by atoms with E-state index in [1.165, 1.54) is 30.2 Å². The summed E-state index contributed by atoms with van der Waals surface area (Å²) in [5, 5.41) is 4.68. The third kappa shape index (κ3) is 2.09. The average molecular weight is 229 g/mol. The molecule has 0 spiro atoms. The van der Waals surface area contributed by atoms with Crippen LogP contribution in [0.15, 0.2) is 34.9 Å². The fourth-order valence-corrected chi connectivity index (χ4v) is 2.74. The molecule has 2 nitrogen and oxygen atoms in total. The lowest BCUT2D eigenvalue weighted by molar-refractivity contribution is 0.236. The van der Waals surface area contributed by atoms with E-state index in [9.17, 15) is 0 Å². The van der Waals surface area contributed by atoms with E-state index >= 15 is 0 Å². The van der Waals surface area contributed by atoms with Crippen molar-refractivity contribution in [2.45, 2.75) is 31.7 Å². The predicted octanol–water partition coefficient (Wildman–Crippen LogP) is 3.36. The van der Waals surface area contributed by atoms with Gasteiger partial charge in [-0.2, -0.15) is 0 Å². The highest BCUT2D eigenvalue weighted by atomic mass is 16.3. The summed E-state index contributed by atoms with van der Waals surface area (Å²) in [7, 11) is 2.08. The van der Waals surface area contributed by atoms with E-state index < -0.39 is 0 Å². The Morgan fingerprint density at radius 1 is 1.35 bits per heavy atom. The van der Waals surface area contributed by atoms with Gasteiger partial charge >= 0.3 is 0 Å². The number of hydrogen-bond donors (Lipinski definition) is 1. The number of benzene rings is 1. The molecule has 3 rings (SSSR count). The van der Waals surface area contributed by atoms with Crippen LogP contribution >= 0.6 is 0 Å². The Morgan fingerprint density at radius 3 is 2.94 bits per heavy atom. The minimum atomic E-state index is 0.633. The summed E-state index contributed by atoms with van der Waals surface area (Å²) in [6, 6.07) is 9.19. The molecule has 2 heteroatoms. The fourth-order valence-electron chi connectivity index (χ4n) is 2.74. The molecule has 0 amide bonds. The largest absolute Gasteiger partial charge is 0.464 e. The topological polar surface area (TPSA) is 25.2 Å². The predicted molar refractivity (Wildman–Crippen MR) is 70.1 cm³/mol. The van der Waals surface area contributed by atoms with Gasteiger partial charge in [-0.3, -0.25) is 0 Å². The quantitative estimate of drug-likeness (QED) is 0.869. The number of nitrogens with one attached hydrogen (secondary N) is 1. The van der Waals surface area contributed by atoms with Crippen molar-refractivity contribution < 1.29 is 4.42 Å². The van der Waals surface area contributed by atoms with Crippen molar-refractivity contribution in [3.8, 4) is 0 Å². The van der Waals surface area contributed by atoms with Crippen molar-refractivity contribution in [3.63, 3.8) is 0 Å². The summed E-state index contributed by atoms with van der Waals surface area (Å²) >= 11 is 0. The molecule has 1 fully saturated rings. The first-order valence-electron chi connectivity index (χ1n) is 6.50. The molecule has 1 aromatic heterocycles. The van der Waals surface area contributed by atoms with E-state index in [0.717, 1.165) is 17.9 Å². The molecule has 1 aliphatic rings. The van der Waals surface area contributed by atoms with Crippen LogP contribution in [0, 0.1) is 5.92 Å². The Morgan fingerprint density at radius 2 is 2.24 bits per heavy atom. The number of fused-ring (bicyclic) bond motifs is 1. The van der Waals surface area contributed by atoms with Crippen LogP contribution in [0.3, 0.4) is 0 Å². The van der Waals surface area contributed by atoms with Crippen LogP contribution in [0.25, 0.3) is 11.0 Å². The van der Waals surface area contributed by atoms with Crippen LogP contribution < -0.4 is 5.32 Å². The van der Waals surface area contributed by atoms with Crippen molar-refractivity contribution in [2.24, 2.45) is 5.92 Å². The Kier molecular flexibility index (Phi) is 2.89. The van der Waals surface area contributed by atoms with Gasteiger partial charge in [-0.15, -0.1) is 0 Å². The van der Waals surface area contributed by atoms with Crippen LogP contribution in [0.2, 0.25) is 0 Å². The van der Waals surface area contributed by atoms with Gasteiger partial charge in [0.2, 0.25) is 0 Å². The van der Waals surface area contributed by atoms with E-state index in [0.29, 0.717) is 6.04 Å². The zero-order valence-corrected chi connectivity index (χ0v) is 10.3. The van der Waals surface area contributed by atoms with Gasteiger partial charge in [-0.05, 0) is 56.0 Å². The van der Waals surface area contributed by atoms with Gasteiger partial charge in [0.1, 0.15) is 5.58 Å². The minimum absolute atomic E-state index is 0.633. The summed E-state index contributed by atoms with van der Waals surface area (Å²) in [6.07, 6.45) is 7.07. The van der Waals surface area contributed by atoms with Crippen molar-refractivity contribution in [2.75, 3.05) is 7.05 Å². The first kappa shape index (κ1) is 10.8. The normalized spacial score (nSPS) is 18.2. The van der Waals surface area contributed by atoms with Crippen LogP contribution in [-0.2, 0) is 6.42 Å². The molecule has 90 valence electrons. The first-order valence-corrected chi connectivity index (χ1v) is 6.50. The molecule has 0 saturated heterocycles. The molecular weight excluding hydrogens is 210 g/mol. The van der Waals surface area contributed by atoms with Gasteiger partial charge in [0.15, 0.2) is 0 Å². The van der Waals surface area contributed by atoms with E-state index in [-0.39, 0.29) is 0 Å².